The van der Waals surface area contributed by atoms with E-state index >= 15 is 0 Å². The highest BCUT2D eigenvalue weighted by molar-refractivity contribution is 5.89. The normalized spacial score (nSPS) is 10.5. The van der Waals surface area contributed by atoms with Gasteiger partial charge in [-0.05, 0) is 53.6 Å². The van der Waals surface area contributed by atoms with Gasteiger partial charge in [-0.2, -0.15) is 10.5 Å². The molecule has 0 aliphatic carbocycles. The van der Waals surface area contributed by atoms with Crippen LogP contribution in [0, 0.1) is 22.7 Å². The number of aromatic hydroxyl groups is 1. The molecule has 3 heteroatoms. The second kappa shape index (κ2) is 5.53. The summed E-state index contributed by atoms with van der Waals surface area (Å²) in [5, 5.41) is 27.1. The van der Waals surface area contributed by atoms with Gasteiger partial charge in [0.05, 0.1) is 23.3 Å². The molecule has 0 fully saturated rings. The molecule has 0 saturated carbocycles. The Morgan fingerprint density at radius 1 is 0.947 bits per heavy atom. The summed E-state index contributed by atoms with van der Waals surface area (Å²) >= 11 is 0. The number of benzene rings is 2. The van der Waals surface area contributed by atoms with Crippen molar-refractivity contribution in [3.63, 3.8) is 0 Å². The Morgan fingerprint density at radius 2 is 1.58 bits per heavy atom. The van der Waals surface area contributed by atoms with E-state index in [2.05, 4.69) is 6.07 Å². The number of hydrogen-bond acceptors (Lipinski definition) is 3. The maximum atomic E-state index is 9.23. The van der Waals surface area contributed by atoms with Gasteiger partial charge >= 0.3 is 0 Å². The summed E-state index contributed by atoms with van der Waals surface area (Å²) in [6.07, 6.45) is 1.74. The first-order valence-corrected chi connectivity index (χ1v) is 5.64. The molecule has 0 aliphatic rings. The Hall–Kier alpha value is -3.04. The van der Waals surface area contributed by atoms with Crippen LogP contribution in [0.5, 0.6) is 5.75 Å². The molecule has 0 amide bonds. The van der Waals surface area contributed by atoms with E-state index in [0.717, 1.165) is 11.1 Å². The van der Waals surface area contributed by atoms with Crippen molar-refractivity contribution in [1.82, 2.24) is 0 Å². The van der Waals surface area contributed by atoms with Gasteiger partial charge in [0.15, 0.2) is 0 Å². The van der Waals surface area contributed by atoms with Crippen molar-refractivity contribution in [1.29, 1.82) is 10.5 Å². The van der Waals surface area contributed by atoms with Gasteiger partial charge in [-0.25, -0.2) is 0 Å². The van der Waals surface area contributed by atoms with Gasteiger partial charge in [0.25, 0.3) is 0 Å². The molecule has 2 aromatic carbocycles. The highest BCUT2D eigenvalue weighted by atomic mass is 16.3. The van der Waals surface area contributed by atoms with E-state index in [1.54, 1.807) is 54.6 Å². The fraction of sp³-hybridized carbons (Fsp3) is 0. The first kappa shape index (κ1) is 12.4. The van der Waals surface area contributed by atoms with E-state index < -0.39 is 0 Å². The van der Waals surface area contributed by atoms with E-state index in [-0.39, 0.29) is 5.75 Å². The lowest BCUT2D eigenvalue weighted by Crippen LogP contribution is -1.82. The summed E-state index contributed by atoms with van der Waals surface area (Å²) in [7, 11) is 0. The van der Waals surface area contributed by atoms with Crippen LogP contribution in [-0.2, 0) is 0 Å². The minimum Gasteiger partial charge on any atom is -0.508 e. The molecule has 0 unspecified atom stereocenters. The largest absolute Gasteiger partial charge is 0.508 e. The zero-order valence-corrected chi connectivity index (χ0v) is 10.0. The number of nitriles is 2. The Balaban J connectivity index is 2.36. The van der Waals surface area contributed by atoms with E-state index in [1.807, 2.05) is 6.07 Å². The molecule has 1 N–H and O–H groups in total. The third-order valence-electron chi connectivity index (χ3n) is 2.65. The number of nitrogens with zero attached hydrogens (tertiary/aromatic N) is 2. The Kier molecular flexibility index (Phi) is 3.61. The first-order chi connectivity index (χ1) is 9.22. The second-order valence-corrected chi connectivity index (χ2v) is 3.95. The van der Waals surface area contributed by atoms with Gasteiger partial charge in [-0.3, -0.25) is 0 Å². The van der Waals surface area contributed by atoms with Gasteiger partial charge in [0, 0.05) is 0 Å². The molecular weight excluding hydrogens is 236 g/mol. The molecular formula is C16H10N2O. The lowest BCUT2D eigenvalue weighted by atomic mass is 10.0. The van der Waals surface area contributed by atoms with Crippen molar-refractivity contribution in [3.05, 3.63) is 65.2 Å². The first-order valence-electron chi connectivity index (χ1n) is 5.64. The third-order valence-corrected chi connectivity index (χ3v) is 2.65. The van der Waals surface area contributed by atoms with Crippen LogP contribution in [0.2, 0.25) is 0 Å². The summed E-state index contributed by atoms with van der Waals surface area (Å²) in [4.78, 5) is 0. The molecule has 0 spiro atoms. The fourth-order valence-electron chi connectivity index (χ4n) is 1.64. The summed E-state index contributed by atoms with van der Waals surface area (Å²) in [5.41, 5.74) is 2.68. The summed E-state index contributed by atoms with van der Waals surface area (Å²) in [6, 6.07) is 17.6. The highest BCUT2D eigenvalue weighted by Gasteiger charge is 2.01. The van der Waals surface area contributed by atoms with Gasteiger partial charge in [-0.15, -0.1) is 0 Å². The molecule has 2 rings (SSSR count). The third kappa shape index (κ3) is 3.00. The van der Waals surface area contributed by atoms with Crippen LogP contribution in [0.1, 0.15) is 16.7 Å². The average Bonchev–Trinajstić information content (AvgIpc) is 2.46. The van der Waals surface area contributed by atoms with Crippen molar-refractivity contribution >= 4 is 11.6 Å². The number of rotatable bonds is 2. The Bertz CT molecular complexity index is 684. The van der Waals surface area contributed by atoms with Crippen LogP contribution in [0.15, 0.2) is 48.5 Å². The predicted molar refractivity (Wildman–Crippen MR) is 72.7 cm³/mol. The molecule has 3 nitrogen and oxygen atoms in total. The SMILES string of the molecule is N#C/C(=C\c1ccc(C#N)cc1)c1ccc(O)cc1. The van der Waals surface area contributed by atoms with Crippen molar-refractivity contribution in [2.45, 2.75) is 0 Å². The summed E-state index contributed by atoms with van der Waals surface area (Å²) in [6.45, 7) is 0. The fourth-order valence-corrected chi connectivity index (χ4v) is 1.64. The molecule has 0 aliphatic heterocycles. The zero-order valence-electron chi connectivity index (χ0n) is 10.0. The van der Waals surface area contributed by atoms with Gasteiger partial charge in [0.1, 0.15) is 5.75 Å². The quantitative estimate of drug-likeness (QED) is 0.652. The number of hydrogen-bond donors (Lipinski definition) is 1. The standard InChI is InChI=1S/C16H10N2O/c17-10-13-3-1-12(2-4-13)9-15(11-18)14-5-7-16(19)8-6-14/h1-9,19H/b15-9+. The smallest absolute Gasteiger partial charge is 0.115 e. The molecule has 0 saturated heterocycles. The van der Waals surface area contributed by atoms with Crippen LogP contribution in [0.25, 0.3) is 11.6 Å². The van der Waals surface area contributed by atoms with Gasteiger partial charge in [0.2, 0.25) is 0 Å². The monoisotopic (exact) mass is 246 g/mol. The molecule has 0 aromatic heterocycles. The zero-order chi connectivity index (χ0) is 13.7. The van der Waals surface area contributed by atoms with Crippen molar-refractivity contribution in [2.75, 3.05) is 0 Å². The maximum Gasteiger partial charge on any atom is 0.115 e. The van der Waals surface area contributed by atoms with Gasteiger partial charge in [-0.1, -0.05) is 12.1 Å². The number of phenolic OH excluding ortho intramolecular Hbond substituents is 1. The Morgan fingerprint density at radius 3 is 2.11 bits per heavy atom. The van der Waals surface area contributed by atoms with Crippen LogP contribution in [-0.4, -0.2) is 5.11 Å². The van der Waals surface area contributed by atoms with Crippen molar-refractivity contribution in [2.24, 2.45) is 0 Å². The highest BCUT2D eigenvalue weighted by Crippen LogP contribution is 2.20. The maximum absolute atomic E-state index is 9.23. The van der Waals surface area contributed by atoms with Crippen LogP contribution < -0.4 is 0 Å². The lowest BCUT2D eigenvalue weighted by Gasteiger charge is -2.00. The molecule has 2 aromatic rings. The van der Waals surface area contributed by atoms with Crippen molar-refractivity contribution < 1.29 is 5.11 Å². The molecule has 0 bridgehead atoms. The lowest BCUT2D eigenvalue weighted by molar-refractivity contribution is 0.475. The summed E-state index contributed by atoms with van der Waals surface area (Å²) in [5.74, 6) is 0.166. The van der Waals surface area contributed by atoms with E-state index in [4.69, 9.17) is 5.26 Å². The van der Waals surface area contributed by atoms with Gasteiger partial charge < -0.3 is 5.11 Å². The minimum absolute atomic E-state index is 0.166. The molecule has 0 heterocycles. The molecule has 0 radical (unpaired) electrons. The predicted octanol–water partition coefficient (Wildman–Crippen LogP) is 3.33. The number of allylic oxidation sites excluding steroid dienone is 1. The topological polar surface area (TPSA) is 67.8 Å². The van der Waals surface area contributed by atoms with E-state index in [9.17, 15) is 10.4 Å². The van der Waals surface area contributed by atoms with Crippen LogP contribution >= 0.6 is 0 Å². The number of phenols is 1. The van der Waals surface area contributed by atoms with E-state index in [1.165, 1.54) is 0 Å². The molecule has 0 atom stereocenters. The molecule has 90 valence electrons. The van der Waals surface area contributed by atoms with Crippen LogP contribution in [0.4, 0.5) is 0 Å². The average molecular weight is 246 g/mol. The van der Waals surface area contributed by atoms with Crippen molar-refractivity contribution in [3.8, 4) is 17.9 Å². The van der Waals surface area contributed by atoms with E-state index in [0.29, 0.717) is 11.1 Å². The molecule has 19 heavy (non-hydrogen) atoms. The summed E-state index contributed by atoms with van der Waals surface area (Å²) < 4.78 is 0. The second-order valence-electron chi connectivity index (χ2n) is 3.95. The Labute approximate surface area is 111 Å². The van der Waals surface area contributed by atoms with Crippen LogP contribution in [0.3, 0.4) is 0 Å². The minimum atomic E-state index is 0.166.